The molecule has 0 aliphatic carbocycles. The fraction of sp³-hybridized carbons (Fsp3) is 0.500. The lowest BCUT2D eigenvalue weighted by molar-refractivity contribution is 0.338. The molecule has 0 saturated carbocycles. The average Bonchev–Trinajstić information content (AvgIpc) is 2.28. The molecule has 0 bridgehead atoms. The Balaban J connectivity index is 3.19. The zero-order chi connectivity index (χ0) is 12.1. The van der Waals surface area contributed by atoms with E-state index in [9.17, 15) is 0 Å². The summed E-state index contributed by atoms with van der Waals surface area (Å²) in [5, 5.41) is 0. The molecule has 0 N–H and O–H groups in total. The first kappa shape index (κ1) is 13.8. The molecule has 0 fully saturated rings. The summed E-state index contributed by atoms with van der Waals surface area (Å²) in [7, 11) is 0. The summed E-state index contributed by atoms with van der Waals surface area (Å²) in [5.41, 5.74) is 1.16. The monoisotopic (exact) mass is 349 g/mol. The molecule has 2 nitrogen and oxygen atoms in total. The first-order chi connectivity index (χ1) is 7.65. The van der Waals surface area contributed by atoms with Gasteiger partial charge in [-0.25, -0.2) is 0 Å². The molecule has 16 heavy (non-hydrogen) atoms. The Morgan fingerprint density at radius 3 is 2.25 bits per heavy atom. The van der Waals surface area contributed by atoms with Gasteiger partial charge in [0.2, 0.25) is 0 Å². The van der Waals surface area contributed by atoms with Crippen molar-refractivity contribution in [1.29, 1.82) is 0 Å². The lowest BCUT2D eigenvalue weighted by atomic mass is 10.2. The largest absolute Gasteiger partial charge is 0.493 e. The summed E-state index contributed by atoms with van der Waals surface area (Å²) in [5.74, 6) is 0.896. The maximum Gasteiger partial charge on any atom is 0.135 e. The average molecular weight is 351 g/mol. The quantitative estimate of drug-likeness (QED) is 0.777. The van der Waals surface area contributed by atoms with Crippen LogP contribution in [-0.2, 0) is 0 Å². The van der Waals surface area contributed by atoms with Crippen molar-refractivity contribution in [1.82, 2.24) is 0 Å². The number of benzene rings is 1. The lowest BCUT2D eigenvalue weighted by Gasteiger charge is -2.25. The van der Waals surface area contributed by atoms with Crippen molar-refractivity contribution < 1.29 is 4.74 Å². The summed E-state index contributed by atoms with van der Waals surface area (Å²) in [6, 6.07) is 4.01. The molecule has 0 heterocycles. The summed E-state index contributed by atoms with van der Waals surface area (Å²) < 4.78 is 7.69. The molecule has 1 aromatic rings. The Morgan fingerprint density at radius 2 is 1.75 bits per heavy atom. The van der Waals surface area contributed by atoms with Crippen LogP contribution in [0, 0.1) is 0 Å². The smallest absolute Gasteiger partial charge is 0.135 e. The van der Waals surface area contributed by atoms with Crippen LogP contribution in [0.15, 0.2) is 21.1 Å². The maximum absolute atomic E-state index is 5.58. The van der Waals surface area contributed by atoms with Crippen molar-refractivity contribution >= 4 is 37.5 Å². The predicted molar refractivity (Wildman–Crippen MR) is 76.6 cm³/mol. The third-order valence-corrected chi connectivity index (χ3v) is 3.82. The van der Waals surface area contributed by atoms with Gasteiger partial charge in [-0.3, -0.25) is 0 Å². The normalized spacial score (nSPS) is 10.3. The van der Waals surface area contributed by atoms with E-state index in [1.165, 1.54) is 0 Å². The minimum absolute atomic E-state index is 0.678. The van der Waals surface area contributed by atoms with Crippen LogP contribution in [0.5, 0.6) is 5.75 Å². The summed E-state index contributed by atoms with van der Waals surface area (Å²) in [4.78, 5) is 2.29. The van der Waals surface area contributed by atoms with Crippen LogP contribution in [0.1, 0.15) is 20.8 Å². The van der Waals surface area contributed by atoms with E-state index in [1.54, 1.807) is 0 Å². The molecule has 90 valence electrons. The molecule has 0 aromatic heterocycles. The van der Waals surface area contributed by atoms with E-state index in [-0.39, 0.29) is 0 Å². The summed E-state index contributed by atoms with van der Waals surface area (Å²) >= 11 is 7.21. The standard InChI is InChI=1S/C12H17Br2NO/c1-4-15(5-2)12-9(13)7-8-10(11(12)14)16-6-3/h7-8H,4-6H2,1-3H3. The van der Waals surface area contributed by atoms with E-state index < -0.39 is 0 Å². The van der Waals surface area contributed by atoms with Gasteiger partial charge in [-0.05, 0) is 64.8 Å². The highest BCUT2D eigenvalue weighted by atomic mass is 79.9. The number of ether oxygens (including phenoxy) is 1. The van der Waals surface area contributed by atoms with Crippen molar-refractivity contribution in [2.45, 2.75) is 20.8 Å². The zero-order valence-corrected chi connectivity index (χ0v) is 13.1. The van der Waals surface area contributed by atoms with E-state index in [2.05, 4.69) is 50.6 Å². The van der Waals surface area contributed by atoms with Gasteiger partial charge in [0.15, 0.2) is 0 Å². The van der Waals surface area contributed by atoms with Gasteiger partial charge in [-0.1, -0.05) is 0 Å². The van der Waals surface area contributed by atoms with E-state index in [0.717, 1.165) is 33.5 Å². The van der Waals surface area contributed by atoms with E-state index in [4.69, 9.17) is 4.74 Å². The molecule has 4 heteroatoms. The van der Waals surface area contributed by atoms with Crippen LogP contribution in [-0.4, -0.2) is 19.7 Å². The van der Waals surface area contributed by atoms with Gasteiger partial charge in [-0.2, -0.15) is 0 Å². The van der Waals surface area contributed by atoms with Crippen LogP contribution in [0.25, 0.3) is 0 Å². The van der Waals surface area contributed by atoms with Gasteiger partial charge in [-0.15, -0.1) is 0 Å². The third kappa shape index (κ3) is 2.92. The minimum atomic E-state index is 0.678. The van der Waals surface area contributed by atoms with Crippen LogP contribution >= 0.6 is 31.9 Å². The highest BCUT2D eigenvalue weighted by Crippen LogP contribution is 2.40. The fourth-order valence-electron chi connectivity index (χ4n) is 1.62. The molecule has 0 spiro atoms. The predicted octanol–water partition coefficient (Wildman–Crippen LogP) is 4.46. The molecule has 1 rings (SSSR count). The molecule has 0 unspecified atom stereocenters. The van der Waals surface area contributed by atoms with Crippen molar-refractivity contribution in [3.05, 3.63) is 21.1 Å². The number of halogens is 2. The molecule has 1 aromatic carbocycles. The summed E-state index contributed by atoms with van der Waals surface area (Å²) in [6.07, 6.45) is 0. The van der Waals surface area contributed by atoms with Gasteiger partial charge < -0.3 is 9.64 Å². The number of anilines is 1. The van der Waals surface area contributed by atoms with Crippen LogP contribution < -0.4 is 9.64 Å². The Morgan fingerprint density at radius 1 is 1.12 bits per heavy atom. The van der Waals surface area contributed by atoms with Gasteiger partial charge in [0, 0.05) is 17.6 Å². The highest BCUT2D eigenvalue weighted by molar-refractivity contribution is 9.11. The second-order valence-corrected chi connectivity index (χ2v) is 4.96. The first-order valence-electron chi connectivity index (χ1n) is 5.51. The van der Waals surface area contributed by atoms with Crippen molar-refractivity contribution in [3.8, 4) is 5.75 Å². The molecule has 0 saturated heterocycles. The Kier molecular flexibility index (Phi) is 5.62. The van der Waals surface area contributed by atoms with Gasteiger partial charge >= 0.3 is 0 Å². The number of hydrogen-bond acceptors (Lipinski definition) is 2. The SMILES string of the molecule is CCOc1ccc(Br)c(N(CC)CC)c1Br. The number of rotatable bonds is 5. The van der Waals surface area contributed by atoms with Crippen LogP contribution in [0.3, 0.4) is 0 Å². The van der Waals surface area contributed by atoms with E-state index in [1.807, 2.05) is 19.1 Å². The van der Waals surface area contributed by atoms with Crippen LogP contribution in [0.4, 0.5) is 5.69 Å². The number of nitrogens with zero attached hydrogens (tertiary/aromatic N) is 1. The fourth-order valence-corrected chi connectivity index (χ4v) is 3.18. The Hall–Kier alpha value is -0.220. The van der Waals surface area contributed by atoms with E-state index in [0.29, 0.717) is 6.61 Å². The van der Waals surface area contributed by atoms with Crippen molar-refractivity contribution in [3.63, 3.8) is 0 Å². The molecule has 0 aliphatic heterocycles. The molecule has 0 atom stereocenters. The van der Waals surface area contributed by atoms with E-state index >= 15 is 0 Å². The third-order valence-electron chi connectivity index (χ3n) is 2.41. The Labute approximate surface area is 114 Å². The molecule has 0 radical (unpaired) electrons. The molecule has 0 amide bonds. The second-order valence-electron chi connectivity index (χ2n) is 3.31. The molecule has 0 aliphatic rings. The summed E-state index contributed by atoms with van der Waals surface area (Å²) in [6.45, 7) is 8.92. The first-order valence-corrected chi connectivity index (χ1v) is 7.09. The van der Waals surface area contributed by atoms with Gasteiger partial charge in [0.1, 0.15) is 5.75 Å². The van der Waals surface area contributed by atoms with Gasteiger partial charge in [0.05, 0.1) is 16.8 Å². The zero-order valence-electron chi connectivity index (χ0n) is 9.89. The van der Waals surface area contributed by atoms with Crippen molar-refractivity contribution in [2.75, 3.05) is 24.6 Å². The minimum Gasteiger partial charge on any atom is -0.493 e. The van der Waals surface area contributed by atoms with Crippen LogP contribution in [0.2, 0.25) is 0 Å². The maximum atomic E-state index is 5.58. The second kappa shape index (κ2) is 6.50. The van der Waals surface area contributed by atoms with Crippen molar-refractivity contribution in [2.24, 2.45) is 0 Å². The topological polar surface area (TPSA) is 12.5 Å². The molecular weight excluding hydrogens is 334 g/mol. The lowest BCUT2D eigenvalue weighted by Crippen LogP contribution is -2.22. The number of hydrogen-bond donors (Lipinski definition) is 0. The molecular formula is C12H17Br2NO. The highest BCUT2D eigenvalue weighted by Gasteiger charge is 2.15. The van der Waals surface area contributed by atoms with Gasteiger partial charge in [0.25, 0.3) is 0 Å². The Bertz CT molecular complexity index is 351.